The lowest BCUT2D eigenvalue weighted by Gasteiger charge is -2.27. The molecule has 0 radical (unpaired) electrons. The molecule has 1 aliphatic carbocycles. The lowest BCUT2D eigenvalue weighted by atomic mass is 9.83. The summed E-state index contributed by atoms with van der Waals surface area (Å²) in [6, 6.07) is 1.18. The van der Waals surface area contributed by atoms with Gasteiger partial charge in [-0.05, 0) is 31.6 Å². The minimum Gasteiger partial charge on any atom is -0.455 e. The number of carbonyl (C=O) groups is 1. The second-order valence-electron chi connectivity index (χ2n) is 5.71. The fourth-order valence-corrected chi connectivity index (χ4v) is 4.05. The van der Waals surface area contributed by atoms with E-state index >= 15 is 0 Å². The van der Waals surface area contributed by atoms with Crippen LogP contribution in [0.25, 0.3) is 0 Å². The van der Waals surface area contributed by atoms with Gasteiger partial charge in [-0.25, -0.2) is 8.42 Å². The molecule has 0 spiro atoms. The molecular formula is C14H20ClNO4S. The zero-order valence-corrected chi connectivity index (χ0v) is 13.8. The molecule has 1 N–H and O–H groups in total. The van der Waals surface area contributed by atoms with Gasteiger partial charge in [-0.1, -0.05) is 19.8 Å². The number of furan rings is 1. The van der Waals surface area contributed by atoms with Crippen LogP contribution < -0.4 is 5.32 Å². The number of nitrogens with one attached hydrogen (secondary N) is 1. The van der Waals surface area contributed by atoms with Gasteiger partial charge in [0.25, 0.3) is 15.0 Å². The highest BCUT2D eigenvalue weighted by atomic mass is 35.7. The van der Waals surface area contributed by atoms with Gasteiger partial charge in [0.2, 0.25) is 0 Å². The van der Waals surface area contributed by atoms with Crippen LogP contribution in [0.2, 0.25) is 0 Å². The first-order valence-electron chi connectivity index (χ1n) is 7.11. The van der Waals surface area contributed by atoms with Crippen molar-refractivity contribution in [1.29, 1.82) is 0 Å². The predicted molar refractivity (Wildman–Crippen MR) is 80.0 cm³/mol. The number of rotatable bonds is 5. The fraction of sp³-hybridized carbons (Fsp3) is 0.643. The fourth-order valence-electron chi connectivity index (χ4n) is 2.95. The number of hydrogen-bond donors (Lipinski definition) is 1. The maximum atomic E-state index is 12.1. The molecule has 1 amide bonds. The Morgan fingerprint density at radius 2 is 2.05 bits per heavy atom. The average molecular weight is 334 g/mol. The zero-order valence-electron chi connectivity index (χ0n) is 12.2. The molecule has 5 nitrogen and oxygen atoms in total. The van der Waals surface area contributed by atoms with Gasteiger partial charge in [0.1, 0.15) is 10.7 Å². The first-order valence-corrected chi connectivity index (χ1v) is 9.42. The molecule has 1 fully saturated rings. The first-order chi connectivity index (χ1) is 9.77. The number of aryl methyl sites for hydroxylation is 1. The normalized spacial score (nSPS) is 17.9. The third kappa shape index (κ3) is 3.61. The Bertz CT molecular complexity index is 629. The van der Waals surface area contributed by atoms with Crippen LogP contribution in [0.4, 0.5) is 0 Å². The largest absolute Gasteiger partial charge is 0.455 e. The number of carbonyl (C=O) groups excluding carboxylic acids is 1. The lowest BCUT2D eigenvalue weighted by Crippen LogP contribution is -2.35. The molecule has 0 saturated heterocycles. The summed E-state index contributed by atoms with van der Waals surface area (Å²) in [5.74, 6) is -0.290. The Kier molecular flexibility index (Phi) is 4.68. The molecular weight excluding hydrogens is 314 g/mol. The Labute approximate surface area is 129 Å². The maximum Gasteiger partial charge on any atom is 0.287 e. The van der Waals surface area contributed by atoms with Crippen molar-refractivity contribution >= 4 is 25.6 Å². The van der Waals surface area contributed by atoms with Gasteiger partial charge in [0, 0.05) is 23.3 Å². The van der Waals surface area contributed by atoms with E-state index < -0.39 is 15.0 Å². The third-order valence-electron chi connectivity index (χ3n) is 4.40. The van der Waals surface area contributed by atoms with E-state index in [1.807, 2.05) is 0 Å². The summed E-state index contributed by atoms with van der Waals surface area (Å²) in [4.78, 5) is 12.0. The van der Waals surface area contributed by atoms with Crippen molar-refractivity contribution in [1.82, 2.24) is 5.32 Å². The summed E-state index contributed by atoms with van der Waals surface area (Å²) in [5, 5.41) is 2.85. The van der Waals surface area contributed by atoms with Gasteiger partial charge in [0.15, 0.2) is 5.76 Å². The van der Waals surface area contributed by atoms with Crippen LogP contribution in [0.15, 0.2) is 15.4 Å². The Balaban J connectivity index is 2.07. The summed E-state index contributed by atoms with van der Waals surface area (Å²) in [6.45, 7) is 4.19. The summed E-state index contributed by atoms with van der Waals surface area (Å²) in [5.41, 5.74) is 0.165. The van der Waals surface area contributed by atoms with Crippen LogP contribution in [0.1, 0.15) is 55.3 Å². The summed E-state index contributed by atoms with van der Waals surface area (Å²) >= 11 is 0. The smallest absolute Gasteiger partial charge is 0.287 e. The van der Waals surface area contributed by atoms with E-state index in [1.165, 1.54) is 25.8 Å². The molecule has 1 aliphatic rings. The predicted octanol–water partition coefficient (Wildman–Crippen LogP) is 3.22. The molecule has 118 valence electrons. The van der Waals surface area contributed by atoms with E-state index in [2.05, 4.69) is 12.2 Å². The number of amides is 1. The van der Waals surface area contributed by atoms with Crippen LogP contribution >= 0.6 is 10.7 Å². The summed E-state index contributed by atoms with van der Waals surface area (Å²) < 4.78 is 27.9. The van der Waals surface area contributed by atoms with Crippen LogP contribution in [-0.2, 0) is 9.05 Å². The molecule has 1 aromatic rings. The SMILES string of the molecule is CCC1(CNC(=O)c2cc(S(=O)(=O)Cl)c(C)o2)CCCC1. The number of hydrogen-bond acceptors (Lipinski definition) is 4. The standard InChI is InChI=1S/C14H20ClNO4S/c1-3-14(6-4-5-7-14)9-16-13(17)11-8-12(10(2)20-11)21(15,18)19/h8H,3-7,9H2,1-2H3,(H,16,17). The topological polar surface area (TPSA) is 76.4 Å². The van der Waals surface area contributed by atoms with Crippen molar-refractivity contribution in [2.24, 2.45) is 5.41 Å². The minimum absolute atomic E-state index is 0.0176. The van der Waals surface area contributed by atoms with E-state index in [4.69, 9.17) is 15.1 Å². The monoisotopic (exact) mass is 333 g/mol. The molecule has 0 aliphatic heterocycles. The summed E-state index contributed by atoms with van der Waals surface area (Å²) in [7, 11) is 1.39. The van der Waals surface area contributed by atoms with E-state index in [1.54, 1.807) is 0 Å². The molecule has 1 saturated carbocycles. The van der Waals surface area contributed by atoms with Crippen molar-refractivity contribution in [2.45, 2.75) is 50.8 Å². The Hall–Kier alpha value is -1.01. The first kappa shape index (κ1) is 16.4. The maximum absolute atomic E-state index is 12.1. The van der Waals surface area contributed by atoms with Crippen molar-refractivity contribution < 1.29 is 17.6 Å². The van der Waals surface area contributed by atoms with Crippen molar-refractivity contribution in [3.05, 3.63) is 17.6 Å². The van der Waals surface area contributed by atoms with Gasteiger partial charge in [-0.3, -0.25) is 4.79 Å². The van der Waals surface area contributed by atoms with E-state index in [9.17, 15) is 13.2 Å². The lowest BCUT2D eigenvalue weighted by molar-refractivity contribution is 0.0899. The molecule has 0 aromatic carbocycles. The molecule has 0 unspecified atom stereocenters. The quantitative estimate of drug-likeness (QED) is 0.839. The zero-order chi connectivity index (χ0) is 15.7. The Morgan fingerprint density at radius 1 is 1.43 bits per heavy atom. The van der Waals surface area contributed by atoms with E-state index in [0.717, 1.165) is 19.3 Å². The second kappa shape index (κ2) is 6.01. The van der Waals surface area contributed by atoms with Gasteiger partial charge in [-0.15, -0.1) is 0 Å². The van der Waals surface area contributed by atoms with Crippen LogP contribution in [0.3, 0.4) is 0 Å². The van der Waals surface area contributed by atoms with Crippen LogP contribution in [-0.4, -0.2) is 20.9 Å². The third-order valence-corrected chi connectivity index (χ3v) is 5.83. The highest BCUT2D eigenvalue weighted by Crippen LogP contribution is 2.40. The molecule has 21 heavy (non-hydrogen) atoms. The van der Waals surface area contributed by atoms with Crippen LogP contribution in [0.5, 0.6) is 0 Å². The molecule has 7 heteroatoms. The molecule has 0 bridgehead atoms. The number of halogens is 1. The molecule has 0 atom stereocenters. The summed E-state index contributed by atoms with van der Waals surface area (Å²) in [6.07, 6.45) is 5.63. The highest BCUT2D eigenvalue weighted by molar-refractivity contribution is 8.13. The highest BCUT2D eigenvalue weighted by Gasteiger charge is 2.32. The minimum atomic E-state index is -3.90. The van der Waals surface area contributed by atoms with Crippen LogP contribution in [0, 0.1) is 12.3 Å². The Morgan fingerprint density at radius 3 is 2.52 bits per heavy atom. The van der Waals surface area contributed by atoms with E-state index in [-0.39, 0.29) is 21.8 Å². The van der Waals surface area contributed by atoms with Crippen molar-refractivity contribution in [3.63, 3.8) is 0 Å². The average Bonchev–Trinajstić information content (AvgIpc) is 3.02. The van der Waals surface area contributed by atoms with E-state index in [0.29, 0.717) is 6.54 Å². The molecule has 1 aromatic heterocycles. The van der Waals surface area contributed by atoms with Crippen molar-refractivity contribution in [2.75, 3.05) is 6.54 Å². The molecule has 2 rings (SSSR count). The molecule has 1 heterocycles. The van der Waals surface area contributed by atoms with Gasteiger partial charge in [0.05, 0.1) is 0 Å². The second-order valence-corrected chi connectivity index (χ2v) is 8.25. The van der Waals surface area contributed by atoms with Gasteiger partial charge < -0.3 is 9.73 Å². The van der Waals surface area contributed by atoms with Gasteiger partial charge >= 0.3 is 0 Å². The van der Waals surface area contributed by atoms with Crippen molar-refractivity contribution in [3.8, 4) is 0 Å². The van der Waals surface area contributed by atoms with Gasteiger partial charge in [-0.2, -0.15) is 0 Å².